The van der Waals surface area contributed by atoms with E-state index in [2.05, 4.69) is 20.7 Å². The van der Waals surface area contributed by atoms with E-state index in [9.17, 15) is 4.79 Å². The summed E-state index contributed by atoms with van der Waals surface area (Å²) in [6.07, 6.45) is 0.503. The number of rotatable bonds is 4. The second-order valence-electron chi connectivity index (χ2n) is 2.39. The molecule has 1 amide bonds. The lowest BCUT2D eigenvalue weighted by Gasteiger charge is -2.00. The van der Waals surface area contributed by atoms with Gasteiger partial charge in [0.05, 0.1) is 0 Å². The van der Waals surface area contributed by atoms with Gasteiger partial charge in [0.15, 0.2) is 11.5 Å². The van der Waals surface area contributed by atoms with Crippen LogP contribution in [0.2, 0.25) is 0 Å². The van der Waals surface area contributed by atoms with E-state index < -0.39 is 0 Å². The molecule has 0 bridgehead atoms. The second-order valence-corrected chi connectivity index (χ2v) is 2.39. The fraction of sp³-hybridized carbons (Fsp3) is 0.500. The number of carbonyl (C=O) groups excluding carboxylic acids is 1. The highest BCUT2D eigenvalue weighted by Crippen LogP contribution is 2.00. The third-order valence-corrected chi connectivity index (χ3v) is 1.41. The number of H-pyrrole nitrogens is 1. The van der Waals surface area contributed by atoms with Gasteiger partial charge in [-0.15, -0.1) is 10.2 Å². The van der Waals surface area contributed by atoms with Crippen LogP contribution in [0.3, 0.4) is 0 Å². The Kier molecular flexibility index (Phi) is 3.21. The monoisotopic (exact) mass is 185 g/mol. The van der Waals surface area contributed by atoms with Gasteiger partial charge in [-0.1, -0.05) is 0 Å². The number of aliphatic hydroxyl groups is 1. The molecule has 0 atom stereocenters. The molecule has 0 spiro atoms. The Bertz CT molecular complexity index is 284. The van der Waals surface area contributed by atoms with Gasteiger partial charge >= 0.3 is 0 Å². The molecule has 0 aliphatic heterocycles. The van der Waals surface area contributed by atoms with Crippen molar-refractivity contribution in [3.63, 3.8) is 0 Å². The van der Waals surface area contributed by atoms with E-state index in [1.54, 1.807) is 0 Å². The molecule has 1 aromatic heterocycles. The molecule has 0 saturated heterocycles. The zero-order valence-electron chi connectivity index (χ0n) is 6.95. The Morgan fingerprint density at radius 3 is 2.92 bits per heavy atom. The zero-order chi connectivity index (χ0) is 9.68. The smallest absolute Gasteiger partial charge is 0.275 e. The van der Waals surface area contributed by atoms with Gasteiger partial charge in [0.1, 0.15) is 0 Å². The van der Waals surface area contributed by atoms with Gasteiger partial charge in [-0.25, -0.2) is 0 Å². The maximum absolute atomic E-state index is 11.2. The van der Waals surface area contributed by atoms with Crippen LogP contribution in [0.1, 0.15) is 16.9 Å². The van der Waals surface area contributed by atoms with Crippen molar-refractivity contribution in [1.82, 2.24) is 20.7 Å². The molecule has 0 saturated carbocycles. The van der Waals surface area contributed by atoms with Gasteiger partial charge in [-0.05, 0) is 6.42 Å². The van der Waals surface area contributed by atoms with Gasteiger partial charge in [-0.2, -0.15) is 5.21 Å². The Morgan fingerprint density at radius 2 is 2.38 bits per heavy atom. The fourth-order valence-corrected chi connectivity index (χ4v) is 0.771. The van der Waals surface area contributed by atoms with Crippen LogP contribution in [-0.2, 0) is 0 Å². The highest BCUT2D eigenvalue weighted by Gasteiger charge is 2.12. The maximum Gasteiger partial charge on any atom is 0.275 e. The number of hydrogen-bond acceptors (Lipinski definition) is 5. The topological polar surface area (TPSA) is 117 Å². The number of aliphatic hydroxyl groups excluding tert-OH is 1. The minimum absolute atomic E-state index is 0.0363. The highest BCUT2D eigenvalue weighted by atomic mass is 16.3. The molecule has 7 heteroatoms. The van der Waals surface area contributed by atoms with Crippen molar-refractivity contribution in [2.75, 3.05) is 18.9 Å². The van der Waals surface area contributed by atoms with E-state index in [-0.39, 0.29) is 24.0 Å². The first kappa shape index (κ1) is 9.46. The average Bonchev–Trinajstić information content (AvgIpc) is 2.52. The number of nitrogens with zero attached hydrogens (tertiary/aromatic N) is 2. The predicted molar refractivity (Wildman–Crippen MR) is 44.8 cm³/mol. The Labute approximate surface area is 74.3 Å². The molecule has 0 aliphatic rings. The fourth-order valence-electron chi connectivity index (χ4n) is 0.771. The zero-order valence-corrected chi connectivity index (χ0v) is 6.95. The lowest BCUT2D eigenvalue weighted by molar-refractivity contribution is 0.0947. The average molecular weight is 185 g/mol. The van der Waals surface area contributed by atoms with Crippen LogP contribution in [0.4, 0.5) is 5.82 Å². The van der Waals surface area contributed by atoms with Crippen LogP contribution in [-0.4, -0.2) is 39.6 Å². The van der Waals surface area contributed by atoms with Gasteiger partial charge in [0, 0.05) is 13.2 Å². The van der Waals surface area contributed by atoms with Crippen molar-refractivity contribution < 1.29 is 9.90 Å². The minimum atomic E-state index is -0.389. The third-order valence-electron chi connectivity index (χ3n) is 1.41. The lowest BCUT2D eigenvalue weighted by atomic mass is 10.4. The van der Waals surface area contributed by atoms with E-state index in [1.807, 2.05) is 0 Å². The second kappa shape index (κ2) is 4.41. The number of aromatic amines is 1. The van der Waals surface area contributed by atoms with Crippen LogP contribution in [0.5, 0.6) is 0 Å². The molecular weight excluding hydrogens is 174 g/mol. The van der Waals surface area contributed by atoms with E-state index in [0.29, 0.717) is 13.0 Å². The molecule has 0 fully saturated rings. The molecule has 13 heavy (non-hydrogen) atoms. The first-order valence-electron chi connectivity index (χ1n) is 3.81. The van der Waals surface area contributed by atoms with Crippen molar-refractivity contribution in [1.29, 1.82) is 0 Å². The molecule has 0 unspecified atom stereocenters. The SMILES string of the molecule is Nc1n[nH]nc1C(=O)NCCCO. The van der Waals surface area contributed by atoms with Crippen LogP contribution in [0, 0.1) is 0 Å². The van der Waals surface area contributed by atoms with Crippen molar-refractivity contribution in [3.05, 3.63) is 5.69 Å². The summed E-state index contributed by atoms with van der Waals surface area (Å²) in [6, 6.07) is 0. The number of nitrogens with two attached hydrogens (primary N) is 1. The van der Waals surface area contributed by atoms with E-state index in [0.717, 1.165) is 0 Å². The summed E-state index contributed by atoms with van der Waals surface area (Å²) in [5.41, 5.74) is 5.41. The Balaban J connectivity index is 2.45. The number of hydrogen-bond donors (Lipinski definition) is 4. The first-order valence-corrected chi connectivity index (χ1v) is 3.81. The highest BCUT2D eigenvalue weighted by molar-refractivity contribution is 5.96. The van der Waals surface area contributed by atoms with Crippen molar-refractivity contribution in [2.24, 2.45) is 0 Å². The molecule has 0 radical (unpaired) electrons. The van der Waals surface area contributed by atoms with E-state index in [4.69, 9.17) is 10.8 Å². The van der Waals surface area contributed by atoms with Gasteiger partial charge in [-0.3, -0.25) is 4.79 Å². The lowest BCUT2D eigenvalue weighted by Crippen LogP contribution is -2.26. The third kappa shape index (κ3) is 2.41. The normalized spacial score (nSPS) is 9.92. The Hall–Kier alpha value is -1.63. The molecule has 1 heterocycles. The van der Waals surface area contributed by atoms with E-state index >= 15 is 0 Å². The summed E-state index contributed by atoms with van der Waals surface area (Å²) in [4.78, 5) is 11.2. The molecule has 1 rings (SSSR count). The van der Waals surface area contributed by atoms with Crippen LogP contribution in [0.15, 0.2) is 0 Å². The van der Waals surface area contributed by atoms with Crippen LogP contribution in [0.25, 0.3) is 0 Å². The molecule has 72 valence electrons. The standard InChI is InChI=1S/C6H11N5O2/c7-5-4(9-11-10-5)6(13)8-2-1-3-12/h12H,1-3H2,(H,8,13)(H3,7,9,10,11). The van der Waals surface area contributed by atoms with Gasteiger partial charge in [0.25, 0.3) is 5.91 Å². The molecular formula is C6H11N5O2. The summed E-state index contributed by atoms with van der Waals surface area (Å²) in [5.74, 6) is -0.318. The number of aromatic nitrogens is 3. The Morgan fingerprint density at radius 1 is 1.62 bits per heavy atom. The number of nitrogens with one attached hydrogen (secondary N) is 2. The number of carbonyl (C=O) groups is 1. The summed E-state index contributed by atoms with van der Waals surface area (Å²) in [6.45, 7) is 0.427. The molecule has 0 aliphatic carbocycles. The largest absolute Gasteiger partial charge is 0.396 e. The van der Waals surface area contributed by atoms with Gasteiger partial charge in [0.2, 0.25) is 0 Å². The van der Waals surface area contributed by atoms with Crippen LogP contribution < -0.4 is 11.1 Å². The molecule has 0 aromatic carbocycles. The van der Waals surface area contributed by atoms with Crippen molar-refractivity contribution in [3.8, 4) is 0 Å². The maximum atomic E-state index is 11.2. The van der Waals surface area contributed by atoms with Crippen molar-refractivity contribution >= 4 is 11.7 Å². The summed E-state index contributed by atoms with van der Waals surface area (Å²) >= 11 is 0. The summed E-state index contributed by atoms with van der Waals surface area (Å²) < 4.78 is 0. The first-order chi connectivity index (χ1) is 6.25. The van der Waals surface area contributed by atoms with Crippen LogP contribution >= 0.6 is 0 Å². The quantitative estimate of drug-likeness (QED) is 0.426. The number of amides is 1. The summed E-state index contributed by atoms with van der Waals surface area (Å²) in [5, 5.41) is 20.3. The van der Waals surface area contributed by atoms with Crippen molar-refractivity contribution in [2.45, 2.75) is 6.42 Å². The van der Waals surface area contributed by atoms with Gasteiger partial charge < -0.3 is 16.2 Å². The molecule has 7 nitrogen and oxygen atoms in total. The number of nitrogen functional groups attached to an aromatic ring is 1. The number of anilines is 1. The molecule has 5 N–H and O–H groups in total. The predicted octanol–water partition coefficient (Wildman–Crippen LogP) is -1.50. The van der Waals surface area contributed by atoms with E-state index in [1.165, 1.54) is 0 Å². The molecule has 1 aromatic rings. The summed E-state index contributed by atoms with van der Waals surface area (Å²) in [7, 11) is 0. The minimum Gasteiger partial charge on any atom is -0.396 e.